The topological polar surface area (TPSA) is 55.4 Å². The zero-order chi connectivity index (χ0) is 16.2. The van der Waals surface area contributed by atoms with E-state index in [4.69, 9.17) is 16.3 Å². The maximum absolute atomic E-state index is 11.8. The van der Waals surface area contributed by atoms with E-state index in [1.165, 1.54) is 0 Å². The summed E-state index contributed by atoms with van der Waals surface area (Å²) in [5.41, 5.74) is 0.955. The van der Waals surface area contributed by atoms with Crippen molar-refractivity contribution < 1.29 is 14.3 Å². The molecule has 1 amide bonds. The maximum atomic E-state index is 11.8. The molecule has 1 aromatic carbocycles. The predicted molar refractivity (Wildman–Crippen MR) is 87.6 cm³/mol. The lowest BCUT2D eigenvalue weighted by Crippen LogP contribution is -2.24. The smallest absolute Gasteiger partial charge is 0.306 e. The molecule has 4 nitrogen and oxygen atoms in total. The third-order valence-corrected chi connectivity index (χ3v) is 3.56. The Morgan fingerprint density at radius 3 is 2.48 bits per heavy atom. The van der Waals surface area contributed by atoms with Gasteiger partial charge in [0.2, 0.25) is 5.91 Å². The lowest BCUT2D eigenvalue weighted by atomic mass is 10.2. The fraction of sp³-hybridized carbons (Fsp3) is 0.467. The second kappa shape index (κ2) is 7.27. The Morgan fingerprint density at radius 2 is 1.90 bits per heavy atom. The van der Waals surface area contributed by atoms with Crippen molar-refractivity contribution in [1.29, 1.82) is 0 Å². The van der Waals surface area contributed by atoms with E-state index >= 15 is 0 Å². The van der Waals surface area contributed by atoms with Crippen molar-refractivity contribution in [2.24, 2.45) is 0 Å². The number of amides is 1. The van der Waals surface area contributed by atoms with Crippen LogP contribution in [0.5, 0.6) is 0 Å². The molecule has 0 radical (unpaired) electrons. The molecule has 0 aliphatic heterocycles. The van der Waals surface area contributed by atoms with Gasteiger partial charge in [0.05, 0.1) is 12.1 Å². The fourth-order valence-corrected chi connectivity index (χ4v) is 2.28. The molecule has 0 bridgehead atoms. The van der Waals surface area contributed by atoms with E-state index in [1.54, 1.807) is 26.8 Å². The van der Waals surface area contributed by atoms with Crippen LogP contribution >= 0.6 is 27.5 Å². The van der Waals surface area contributed by atoms with Crippen LogP contribution in [0.4, 0.5) is 5.69 Å². The number of rotatable bonds is 4. The molecule has 0 fully saturated rings. The van der Waals surface area contributed by atoms with Gasteiger partial charge < -0.3 is 10.1 Å². The van der Waals surface area contributed by atoms with E-state index in [9.17, 15) is 9.59 Å². The number of aryl methyl sites for hydroxylation is 1. The Bertz CT molecular complexity index is 553. The van der Waals surface area contributed by atoms with Crippen LogP contribution in [-0.4, -0.2) is 17.5 Å². The summed E-state index contributed by atoms with van der Waals surface area (Å²) >= 11 is 9.39. The van der Waals surface area contributed by atoms with Crippen molar-refractivity contribution in [3.63, 3.8) is 0 Å². The third-order valence-electron chi connectivity index (χ3n) is 2.50. The second-order valence-electron chi connectivity index (χ2n) is 5.72. The number of ether oxygens (including phenoxy) is 1. The first-order valence-corrected chi connectivity index (χ1v) is 7.73. The Balaban J connectivity index is 2.55. The van der Waals surface area contributed by atoms with Gasteiger partial charge in [-0.3, -0.25) is 9.59 Å². The number of carbonyl (C=O) groups excluding carboxylic acids is 2. The van der Waals surface area contributed by atoms with Gasteiger partial charge in [0.1, 0.15) is 5.60 Å². The highest BCUT2D eigenvalue weighted by atomic mass is 79.9. The van der Waals surface area contributed by atoms with Crippen molar-refractivity contribution in [2.45, 2.75) is 46.1 Å². The van der Waals surface area contributed by atoms with Crippen LogP contribution in [0.3, 0.4) is 0 Å². The number of anilines is 1. The average Bonchev–Trinajstić information content (AvgIpc) is 2.31. The zero-order valence-electron chi connectivity index (χ0n) is 12.5. The lowest BCUT2D eigenvalue weighted by molar-refractivity contribution is -0.155. The number of esters is 1. The highest BCUT2D eigenvalue weighted by Gasteiger charge is 2.17. The Hall–Kier alpha value is -1.07. The molecule has 0 saturated carbocycles. The van der Waals surface area contributed by atoms with E-state index in [0.29, 0.717) is 10.7 Å². The first kappa shape index (κ1) is 18.0. The van der Waals surface area contributed by atoms with Gasteiger partial charge >= 0.3 is 5.97 Å². The van der Waals surface area contributed by atoms with Crippen molar-refractivity contribution in [3.05, 3.63) is 27.2 Å². The summed E-state index contributed by atoms with van der Waals surface area (Å²) < 4.78 is 5.89. The molecule has 0 unspecified atom stereocenters. The molecule has 21 heavy (non-hydrogen) atoms. The van der Waals surface area contributed by atoms with Crippen LogP contribution in [0.1, 0.15) is 39.2 Å². The van der Waals surface area contributed by atoms with Gasteiger partial charge in [-0.2, -0.15) is 0 Å². The first-order chi connectivity index (χ1) is 9.58. The van der Waals surface area contributed by atoms with E-state index in [1.807, 2.05) is 13.0 Å². The van der Waals surface area contributed by atoms with Crippen LogP contribution in [0.2, 0.25) is 5.02 Å². The molecule has 1 rings (SSSR count). The van der Waals surface area contributed by atoms with Gasteiger partial charge in [-0.25, -0.2) is 0 Å². The number of hydrogen-bond donors (Lipinski definition) is 1. The van der Waals surface area contributed by atoms with E-state index < -0.39 is 11.6 Å². The summed E-state index contributed by atoms with van der Waals surface area (Å²) in [7, 11) is 0. The third kappa shape index (κ3) is 6.48. The van der Waals surface area contributed by atoms with E-state index in [2.05, 4.69) is 21.2 Å². The summed E-state index contributed by atoms with van der Waals surface area (Å²) in [4.78, 5) is 23.4. The van der Waals surface area contributed by atoms with Crippen molar-refractivity contribution in [3.8, 4) is 0 Å². The van der Waals surface area contributed by atoms with Gasteiger partial charge in [-0.05, 0) is 61.3 Å². The number of nitrogens with one attached hydrogen (secondary N) is 1. The Kier molecular flexibility index (Phi) is 6.23. The van der Waals surface area contributed by atoms with Gasteiger partial charge in [0.25, 0.3) is 0 Å². The molecule has 1 N–H and O–H groups in total. The van der Waals surface area contributed by atoms with Gasteiger partial charge in [0, 0.05) is 15.9 Å². The van der Waals surface area contributed by atoms with Gasteiger partial charge in [-0.15, -0.1) is 0 Å². The van der Waals surface area contributed by atoms with Crippen molar-refractivity contribution in [1.82, 2.24) is 0 Å². The molecule has 0 saturated heterocycles. The number of halogens is 2. The van der Waals surface area contributed by atoms with Crippen molar-refractivity contribution >= 4 is 45.1 Å². The molecule has 0 aromatic heterocycles. The fourth-order valence-electron chi connectivity index (χ4n) is 1.56. The SMILES string of the molecule is Cc1cc(Br)c(NC(=O)CCC(=O)OC(C)(C)C)cc1Cl. The normalized spacial score (nSPS) is 11.1. The molecule has 6 heteroatoms. The largest absolute Gasteiger partial charge is 0.460 e. The lowest BCUT2D eigenvalue weighted by Gasteiger charge is -2.19. The summed E-state index contributed by atoms with van der Waals surface area (Å²) in [6, 6.07) is 3.50. The Morgan fingerprint density at radius 1 is 1.29 bits per heavy atom. The van der Waals surface area contributed by atoms with Crippen molar-refractivity contribution in [2.75, 3.05) is 5.32 Å². The highest BCUT2D eigenvalue weighted by Crippen LogP contribution is 2.29. The quantitative estimate of drug-likeness (QED) is 0.789. The van der Waals surface area contributed by atoms with E-state index in [-0.39, 0.29) is 18.7 Å². The molecule has 0 aliphatic carbocycles. The van der Waals surface area contributed by atoms with Crippen LogP contribution in [0.15, 0.2) is 16.6 Å². The monoisotopic (exact) mass is 375 g/mol. The Labute approximate surface area is 138 Å². The van der Waals surface area contributed by atoms with Gasteiger partial charge in [0.15, 0.2) is 0 Å². The summed E-state index contributed by atoms with van der Waals surface area (Å²) in [6.45, 7) is 7.24. The number of carbonyl (C=O) groups is 2. The molecule has 1 aromatic rings. The van der Waals surface area contributed by atoms with E-state index in [0.717, 1.165) is 10.0 Å². The van der Waals surface area contributed by atoms with Gasteiger partial charge in [-0.1, -0.05) is 11.6 Å². The minimum absolute atomic E-state index is 0.0420. The molecule has 0 spiro atoms. The van der Waals surface area contributed by atoms with Crippen LogP contribution in [0, 0.1) is 6.92 Å². The van der Waals surface area contributed by atoms with Crippen LogP contribution in [-0.2, 0) is 14.3 Å². The zero-order valence-corrected chi connectivity index (χ0v) is 14.9. The summed E-state index contributed by atoms with van der Waals surface area (Å²) in [6.07, 6.45) is 0.104. The molecule has 0 atom stereocenters. The van der Waals surface area contributed by atoms with Crippen LogP contribution < -0.4 is 5.32 Å². The highest BCUT2D eigenvalue weighted by molar-refractivity contribution is 9.10. The summed E-state index contributed by atoms with van der Waals surface area (Å²) in [5.74, 6) is -0.653. The number of hydrogen-bond acceptors (Lipinski definition) is 3. The molecule has 116 valence electrons. The first-order valence-electron chi connectivity index (χ1n) is 6.56. The predicted octanol–water partition coefficient (Wildman–Crippen LogP) is 4.47. The minimum Gasteiger partial charge on any atom is -0.460 e. The minimum atomic E-state index is -0.541. The summed E-state index contributed by atoms with van der Waals surface area (Å²) in [5, 5.41) is 3.29. The molecule has 0 aliphatic rings. The molecular formula is C15H19BrClNO3. The average molecular weight is 377 g/mol. The molecular weight excluding hydrogens is 358 g/mol. The maximum Gasteiger partial charge on any atom is 0.306 e. The molecule has 0 heterocycles. The second-order valence-corrected chi connectivity index (χ2v) is 6.98. The number of benzene rings is 1. The van der Waals surface area contributed by atoms with Crippen LogP contribution in [0.25, 0.3) is 0 Å². The standard InChI is InChI=1S/C15H19BrClNO3/c1-9-7-10(16)12(8-11(9)17)18-13(19)5-6-14(20)21-15(2,3)4/h7-8H,5-6H2,1-4H3,(H,18,19).